The van der Waals surface area contributed by atoms with Crippen molar-refractivity contribution in [2.24, 2.45) is 11.1 Å². The number of nitrogens with zero attached hydrogens (tertiary/aromatic N) is 1. The molecule has 2 N–H and O–H groups in total. The third-order valence-electron chi connectivity index (χ3n) is 4.53. The van der Waals surface area contributed by atoms with Crippen molar-refractivity contribution < 1.29 is 12.8 Å². The molecule has 2 unspecified atom stereocenters. The fraction of sp³-hybridized carbons (Fsp3) is 0.278. The van der Waals surface area contributed by atoms with Crippen LogP contribution in [0.4, 0.5) is 4.39 Å². The van der Waals surface area contributed by atoms with Gasteiger partial charge in [-0.3, -0.25) is 0 Å². The predicted octanol–water partition coefficient (Wildman–Crippen LogP) is 3.47. The quantitative estimate of drug-likeness (QED) is 0.925. The number of benzene rings is 1. The number of hydrogen-bond acceptors (Lipinski definition) is 3. The molecular formula is C18H19FN2O2S. The Hall–Kier alpha value is -2.05. The van der Waals surface area contributed by atoms with Crippen molar-refractivity contribution in [2.45, 2.75) is 31.2 Å². The van der Waals surface area contributed by atoms with Crippen LogP contribution >= 0.6 is 0 Å². The molecule has 126 valence electrons. The molecule has 3 rings (SSSR count). The van der Waals surface area contributed by atoms with Gasteiger partial charge in [0.1, 0.15) is 5.82 Å². The standard InChI is InChI=1S/C18H19FN2O2S/c1-11-9-12(2)18(17(11)13-3-6-15(19)7-4-13)14-5-8-16(21-10-14)24(20,22)23/h3-8,10,12,18H,9H2,1-2H3,(H2,20,22,23). The number of pyridine rings is 1. The van der Waals surface area contributed by atoms with E-state index >= 15 is 0 Å². The lowest BCUT2D eigenvalue weighted by molar-refractivity contribution is 0.562. The van der Waals surface area contributed by atoms with Gasteiger partial charge in [0, 0.05) is 12.1 Å². The SMILES string of the molecule is CC1=C(c2ccc(F)cc2)C(c2ccc(S(N)(=O)=O)nc2)C(C)C1. The first-order valence-electron chi connectivity index (χ1n) is 7.71. The van der Waals surface area contributed by atoms with Crippen molar-refractivity contribution in [3.05, 3.63) is 65.1 Å². The zero-order valence-corrected chi connectivity index (χ0v) is 14.3. The average Bonchev–Trinajstić information content (AvgIpc) is 2.82. The number of primary sulfonamides is 1. The first-order chi connectivity index (χ1) is 11.3. The topological polar surface area (TPSA) is 73.1 Å². The van der Waals surface area contributed by atoms with Crippen molar-refractivity contribution in [1.82, 2.24) is 4.98 Å². The van der Waals surface area contributed by atoms with E-state index in [2.05, 4.69) is 18.8 Å². The van der Waals surface area contributed by atoms with Gasteiger partial charge in [-0.2, -0.15) is 0 Å². The zero-order chi connectivity index (χ0) is 17.5. The average molecular weight is 346 g/mol. The minimum atomic E-state index is -3.80. The van der Waals surface area contributed by atoms with Gasteiger partial charge >= 0.3 is 0 Å². The number of nitrogens with two attached hydrogens (primary N) is 1. The molecule has 6 heteroatoms. The Morgan fingerprint density at radius 2 is 1.83 bits per heavy atom. The van der Waals surface area contributed by atoms with Crippen LogP contribution in [0.2, 0.25) is 0 Å². The second kappa shape index (κ2) is 6.11. The summed E-state index contributed by atoms with van der Waals surface area (Å²) < 4.78 is 36.0. The minimum absolute atomic E-state index is 0.0949. The van der Waals surface area contributed by atoms with E-state index < -0.39 is 10.0 Å². The van der Waals surface area contributed by atoms with Gasteiger partial charge in [0.25, 0.3) is 10.0 Å². The molecule has 1 aliphatic rings. The van der Waals surface area contributed by atoms with E-state index in [-0.39, 0.29) is 16.8 Å². The molecule has 0 fully saturated rings. The zero-order valence-electron chi connectivity index (χ0n) is 13.5. The molecule has 1 heterocycles. The van der Waals surface area contributed by atoms with Crippen molar-refractivity contribution in [3.63, 3.8) is 0 Å². The second-order valence-electron chi connectivity index (χ2n) is 6.33. The Balaban J connectivity index is 2.03. The molecular weight excluding hydrogens is 327 g/mol. The largest absolute Gasteiger partial charge is 0.255 e. The molecule has 1 aromatic heterocycles. The first-order valence-corrected chi connectivity index (χ1v) is 9.26. The highest BCUT2D eigenvalue weighted by Gasteiger charge is 2.32. The summed E-state index contributed by atoms with van der Waals surface area (Å²) in [5.41, 5.74) is 4.34. The van der Waals surface area contributed by atoms with Crippen LogP contribution < -0.4 is 5.14 Å². The molecule has 0 saturated heterocycles. The van der Waals surface area contributed by atoms with Gasteiger partial charge in [-0.25, -0.2) is 22.9 Å². The second-order valence-corrected chi connectivity index (χ2v) is 7.84. The van der Waals surface area contributed by atoms with Crippen LogP contribution in [0, 0.1) is 11.7 Å². The van der Waals surface area contributed by atoms with Crippen molar-refractivity contribution in [2.75, 3.05) is 0 Å². The Labute approximate surface area is 141 Å². The van der Waals surface area contributed by atoms with Crippen LogP contribution in [0.25, 0.3) is 5.57 Å². The van der Waals surface area contributed by atoms with E-state index in [0.29, 0.717) is 5.92 Å². The maximum atomic E-state index is 13.2. The van der Waals surface area contributed by atoms with Gasteiger partial charge in [0.05, 0.1) is 0 Å². The number of sulfonamides is 1. The van der Waals surface area contributed by atoms with Crippen LogP contribution in [0.5, 0.6) is 0 Å². The third-order valence-corrected chi connectivity index (χ3v) is 5.36. The third kappa shape index (κ3) is 3.12. The van der Waals surface area contributed by atoms with E-state index in [9.17, 15) is 12.8 Å². The van der Waals surface area contributed by atoms with Crippen molar-refractivity contribution >= 4 is 15.6 Å². The highest BCUT2D eigenvalue weighted by atomic mass is 32.2. The van der Waals surface area contributed by atoms with Crippen LogP contribution in [-0.2, 0) is 10.0 Å². The van der Waals surface area contributed by atoms with Crippen molar-refractivity contribution in [1.29, 1.82) is 0 Å². The van der Waals surface area contributed by atoms with E-state index in [1.165, 1.54) is 23.8 Å². The summed E-state index contributed by atoms with van der Waals surface area (Å²) in [7, 11) is -3.80. The maximum absolute atomic E-state index is 13.2. The van der Waals surface area contributed by atoms with Gasteiger partial charge in [-0.05, 0) is 54.2 Å². The Kier molecular flexibility index (Phi) is 4.27. The number of halogens is 1. The summed E-state index contributed by atoms with van der Waals surface area (Å²) in [6.07, 6.45) is 2.51. The summed E-state index contributed by atoms with van der Waals surface area (Å²) in [5, 5.41) is 4.97. The first kappa shape index (κ1) is 16.8. The Morgan fingerprint density at radius 1 is 1.17 bits per heavy atom. The maximum Gasteiger partial charge on any atom is 0.255 e. The summed E-state index contributed by atoms with van der Waals surface area (Å²) in [4.78, 5) is 4.00. The summed E-state index contributed by atoms with van der Waals surface area (Å²) in [5.74, 6) is 0.184. The molecule has 0 amide bonds. The van der Waals surface area contributed by atoms with Crippen LogP contribution in [-0.4, -0.2) is 13.4 Å². The Bertz CT molecular complexity index is 888. The fourth-order valence-electron chi connectivity index (χ4n) is 3.56. The van der Waals surface area contributed by atoms with Gasteiger partial charge in [-0.15, -0.1) is 0 Å². The number of allylic oxidation sites excluding steroid dienone is 2. The molecule has 0 spiro atoms. The van der Waals surface area contributed by atoms with E-state index in [1.807, 2.05) is 0 Å². The highest BCUT2D eigenvalue weighted by molar-refractivity contribution is 7.89. The molecule has 2 aromatic rings. The summed E-state index contributed by atoms with van der Waals surface area (Å²) in [6, 6.07) is 9.68. The Morgan fingerprint density at radius 3 is 2.38 bits per heavy atom. The molecule has 4 nitrogen and oxygen atoms in total. The van der Waals surface area contributed by atoms with Crippen LogP contribution in [0.3, 0.4) is 0 Å². The summed E-state index contributed by atoms with van der Waals surface area (Å²) in [6.45, 7) is 4.24. The monoisotopic (exact) mass is 346 g/mol. The molecule has 0 aliphatic heterocycles. The summed E-state index contributed by atoms with van der Waals surface area (Å²) >= 11 is 0. The molecule has 1 aromatic carbocycles. The lowest BCUT2D eigenvalue weighted by Gasteiger charge is -2.21. The fourth-order valence-corrected chi connectivity index (χ4v) is 4.01. The lowest BCUT2D eigenvalue weighted by Crippen LogP contribution is -2.14. The van der Waals surface area contributed by atoms with Gasteiger partial charge in [-0.1, -0.05) is 30.7 Å². The van der Waals surface area contributed by atoms with E-state index in [0.717, 1.165) is 23.1 Å². The van der Waals surface area contributed by atoms with Crippen LogP contribution in [0.15, 0.2) is 53.2 Å². The van der Waals surface area contributed by atoms with E-state index in [1.54, 1.807) is 24.4 Å². The van der Waals surface area contributed by atoms with Gasteiger partial charge in [0.2, 0.25) is 0 Å². The van der Waals surface area contributed by atoms with Gasteiger partial charge < -0.3 is 0 Å². The highest BCUT2D eigenvalue weighted by Crippen LogP contribution is 2.48. The van der Waals surface area contributed by atoms with Crippen molar-refractivity contribution in [3.8, 4) is 0 Å². The molecule has 0 bridgehead atoms. The molecule has 0 radical (unpaired) electrons. The molecule has 24 heavy (non-hydrogen) atoms. The molecule has 0 saturated carbocycles. The van der Waals surface area contributed by atoms with E-state index in [4.69, 9.17) is 5.14 Å². The molecule has 2 atom stereocenters. The number of rotatable bonds is 3. The molecule has 1 aliphatic carbocycles. The van der Waals surface area contributed by atoms with Crippen LogP contribution in [0.1, 0.15) is 37.3 Å². The predicted molar refractivity (Wildman–Crippen MR) is 91.1 cm³/mol. The minimum Gasteiger partial charge on any atom is -0.243 e. The smallest absolute Gasteiger partial charge is 0.243 e. The normalized spacial score (nSPS) is 21.3. The number of aromatic nitrogens is 1. The lowest BCUT2D eigenvalue weighted by atomic mass is 9.84. The van der Waals surface area contributed by atoms with Gasteiger partial charge in [0.15, 0.2) is 5.03 Å². The number of hydrogen-bond donors (Lipinski definition) is 1.